The lowest BCUT2D eigenvalue weighted by Crippen LogP contribution is -2.50. The number of piperazine rings is 1. The lowest BCUT2D eigenvalue weighted by Gasteiger charge is -2.36. The van der Waals surface area contributed by atoms with E-state index in [0.29, 0.717) is 47.0 Å². The summed E-state index contributed by atoms with van der Waals surface area (Å²) in [6, 6.07) is 6.89. The average molecular weight is 476 g/mol. The van der Waals surface area contributed by atoms with Crippen LogP contribution in [0.3, 0.4) is 0 Å². The predicted molar refractivity (Wildman–Crippen MR) is 110 cm³/mol. The number of sulfonamides is 1. The predicted octanol–water partition coefficient (Wildman–Crippen LogP) is 2.51. The molecule has 0 unspecified atom stereocenters. The normalized spacial score (nSPS) is 16.1. The zero-order chi connectivity index (χ0) is 19.8. The number of benzene rings is 1. The second kappa shape index (κ2) is 7.90. The van der Waals surface area contributed by atoms with Gasteiger partial charge in [-0.3, -0.25) is 4.79 Å². The summed E-state index contributed by atoms with van der Waals surface area (Å²) >= 11 is 9.38. The largest absolute Gasteiger partial charge is 0.367 e. The molecular weight excluding hydrogens is 456 g/mol. The summed E-state index contributed by atoms with van der Waals surface area (Å²) in [4.78, 5) is 14.7. The Hall–Kier alpha value is -1.42. The summed E-state index contributed by atoms with van der Waals surface area (Å²) in [7, 11) is -3.27. The highest BCUT2D eigenvalue weighted by Gasteiger charge is 2.30. The van der Waals surface area contributed by atoms with Gasteiger partial charge in [0.15, 0.2) is 0 Å². The standard InChI is InChI=1S/C17H20BrClN4O3S/c1-12(2)27(25,26)22-8-6-21(7-9-22)15-11-20-23(17(24)16(15)18)14-5-3-4-13(19)10-14/h3-5,10-12H,6-9H2,1-2H3. The van der Waals surface area contributed by atoms with Crippen LogP contribution in [0.15, 0.2) is 39.7 Å². The van der Waals surface area contributed by atoms with Crippen LogP contribution in [0.1, 0.15) is 13.8 Å². The third kappa shape index (κ3) is 4.06. The van der Waals surface area contributed by atoms with Crippen molar-refractivity contribution in [1.82, 2.24) is 14.1 Å². The molecule has 0 saturated carbocycles. The van der Waals surface area contributed by atoms with E-state index in [9.17, 15) is 13.2 Å². The maximum absolute atomic E-state index is 12.7. The minimum Gasteiger partial charge on any atom is -0.367 e. The molecule has 27 heavy (non-hydrogen) atoms. The quantitative estimate of drug-likeness (QED) is 0.679. The molecule has 0 bridgehead atoms. The van der Waals surface area contributed by atoms with Gasteiger partial charge in [0, 0.05) is 31.2 Å². The van der Waals surface area contributed by atoms with Crippen molar-refractivity contribution >= 4 is 43.2 Å². The highest BCUT2D eigenvalue weighted by atomic mass is 79.9. The van der Waals surface area contributed by atoms with Gasteiger partial charge >= 0.3 is 0 Å². The molecule has 0 N–H and O–H groups in total. The van der Waals surface area contributed by atoms with E-state index in [1.807, 2.05) is 4.90 Å². The second-order valence-electron chi connectivity index (χ2n) is 6.52. The Morgan fingerprint density at radius 1 is 1.19 bits per heavy atom. The molecular formula is C17H20BrClN4O3S. The number of nitrogens with zero attached hydrogens (tertiary/aromatic N) is 4. The van der Waals surface area contributed by atoms with E-state index in [0.717, 1.165) is 0 Å². The topological polar surface area (TPSA) is 75.5 Å². The first-order chi connectivity index (χ1) is 12.7. The van der Waals surface area contributed by atoms with Gasteiger partial charge in [-0.15, -0.1) is 0 Å². The Bertz CT molecular complexity index is 1000. The molecule has 3 rings (SSSR count). The Kier molecular flexibility index (Phi) is 5.95. The monoisotopic (exact) mass is 474 g/mol. The Morgan fingerprint density at radius 2 is 1.85 bits per heavy atom. The highest BCUT2D eigenvalue weighted by molar-refractivity contribution is 9.10. The van der Waals surface area contributed by atoms with Gasteiger partial charge in [0.25, 0.3) is 5.56 Å². The molecule has 0 amide bonds. The van der Waals surface area contributed by atoms with Crippen LogP contribution in [0.4, 0.5) is 5.69 Å². The van der Waals surface area contributed by atoms with Gasteiger partial charge in [-0.05, 0) is 48.0 Å². The lowest BCUT2D eigenvalue weighted by atomic mass is 10.3. The van der Waals surface area contributed by atoms with Crippen LogP contribution in [0, 0.1) is 0 Å². The fourth-order valence-electron chi connectivity index (χ4n) is 2.92. The summed E-state index contributed by atoms with van der Waals surface area (Å²) in [5, 5.41) is 4.34. The molecule has 146 valence electrons. The lowest BCUT2D eigenvalue weighted by molar-refractivity contribution is 0.380. The zero-order valence-electron chi connectivity index (χ0n) is 15.0. The minimum atomic E-state index is -3.27. The molecule has 1 aliphatic heterocycles. The third-order valence-electron chi connectivity index (χ3n) is 4.49. The van der Waals surface area contributed by atoms with E-state index in [1.54, 1.807) is 44.3 Å². The molecule has 2 aromatic rings. The molecule has 7 nitrogen and oxygen atoms in total. The van der Waals surface area contributed by atoms with E-state index in [1.165, 1.54) is 8.99 Å². The van der Waals surface area contributed by atoms with Crippen molar-refractivity contribution in [3.8, 4) is 5.69 Å². The van der Waals surface area contributed by atoms with Gasteiger partial charge in [-0.1, -0.05) is 17.7 Å². The van der Waals surface area contributed by atoms with Crippen LogP contribution in [0.25, 0.3) is 5.69 Å². The van der Waals surface area contributed by atoms with Crippen molar-refractivity contribution in [3.63, 3.8) is 0 Å². The molecule has 1 aromatic heterocycles. The molecule has 0 radical (unpaired) electrons. The summed E-state index contributed by atoms with van der Waals surface area (Å²) in [6.07, 6.45) is 1.61. The van der Waals surface area contributed by atoms with Crippen LogP contribution >= 0.6 is 27.5 Å². The molecule has 0 spiro atoms. The van der Waals surface area contributed by atoms with Gasteiger partial charge in [-0.25, -0.2) is 8.42 Å². The summed E-state index contributed by atoms with van der Waals surface area (Å²) in [5.74, 6) is 0. The van der Waals surface area contributed by atoms with Crippen LogP contribution in [0.2, 0.25) is 5.02 Å². The van der Waals surface area contributed by atoms with Crippen LogP contribution in [-0.2, 0) is 10.0 Å². The van der Waals surface area contributed by atoms with Gasteiger partial charge in [0.05, 0.1) is 22.8 Å². The Balaban J connectivity index is 1.84. The van der Waals surface area contributed by atoms with Crippen molar-refractivity contribution in [3.05, 3.63) is 50.3 Å². The molecule has 1 fully saturated rings. The van der Waals surface area contributed by atoms with Gasteiger partial charge in [0.2, 0.25) is 10.0 Å². The van der Waals surface area contributed by atoms with Crippen molar-refractivity contribution in [2.45, 2.75) is 19.1 Å². The van der Waals surface area contributed by atoms with Crippen LogP contribution in [0.5, 0.6) is 0 Å². The fraction of sp³-hybridized carbons (Fsp3) is 0.412. The van der Waals surface area contributed by atoms with E-state index < -0.39 is 15.3 Å². The molecule has 0 atom stereocenters. The zero-order valence-corrected chi connectivity index (χ0v) is 18.1. The third-order valence-corrected chi connectivity index (χ3v) is 7.75. The maximum Gasteiger partial charge on any atom is 0.287 e. The smallest absolute Gasteiger partial charge is 0.287 e. The Morgan fingerprint density at radius 3 is 2.44 bits per heavy atom. The first-order valence-electron chi connectivity index (χ1n) is 8.49. The number of hydrogen-bond acceptors (Lipinski definition) is 5. The van der Waals surface area contributed by atoms with E-state index in [2.05, 4.69) is 21.0 Å². The van der Waals surface area contributed by atoms with Crippen molar-refractivity contribution in [2.75, 3.05) is 31.1 Å². The Labute approximate surface area is 171 Å². The molecule has 1 aliphatic rings. The average Bonchev–Trinajstić information content (AvgIpc) is 2.64. The molecule has 10 heteroatoms. The molecule has 2 heterocycles. The first kappa shape index (κ1) is 20.3. The summed E-state index contributed by atoms with van der Waals surface area (Å²) in [5.41, 5.74) is 0.930. The van der Waals surface area contributed by atoms with Gasteiger partial charge in [0.1, 0.15) is 4.47 Å². The second-order valence-corrected chi connectivity index (χ2v) is 10.2. The molecule has 1 aromatic carbocycles. The van der Waals surface area contributed by atoms with E-state index in [4.69, 9.17) is 11.6 Å². The SMILES string of the molecule is CC(C)S(=O)(=O)N1CCN(c2cnn(-c3cccc(Cl)c3)c(=O)c2Br)CC1. The van der Waals surface area contributed by atoms with E-state index in [-0.39, 0.29) is 5.56 Å². The number of rotatable bonds is 4. The number of aromatic nitrogens is 2. The number of hydrogen-bond donors (Lipinski definition) is 0. The van der Waals surface area contributed by atoms with Gasteiger partial charge in [-0.2, -0.15) is 14.1 Å². The molecule has 0 aliphatic carbocycles. The van der Waals surface area contributed by atoms with Crippen LogP contribution in [-0.4, -0.2) is 53.9 Å². The maximum atomic E-state index is 12.7. The molecule has 1 saturated heterocycles. The summed E-state index contributed by atoms with van der Waals surface area (Å²) in [6.45, 7) is 5.10. The van der Waals surface area contributed by atoms with Crippen molar-refractivity contribution in [1.29, 1.82) is 0 Å². The van der Waals surface area contributed by atoms with Gasteiger partial charge < -0.3 is 4.90 Å². The number of halogens is 2. The van der Waals surface area contributed by atoms with E-state index >= 15 is 0 Å². The van der Waals surface area contributed by atoms with Crippen molar-refractivity contribution in [2.24, 2.45) is 0 Å². The first-order valence-corrected chi connectivity index (χ1v) is 11.2. The highest BCUT2D eigenvalue weighted by Crippen LogP contribution is 2.25. The van der Waals surface area contributed by atoms with Crippen LogP contribution < -0.4 is 10.5 Å². The summed E-state index contributed by atoms with van der Waals surface area (Å²) < 4.78 is 27.8. The minimum absolute atomic E-state index is 0.299. The van der Waals surface area contributed by atoms with Crippen molar-refractivity contribution < 1.29 is 8.42 Å². The fourth-order valence-corrected chi connectivity index (χ4v) is 4.89. The number of anilines is 1.